The van der Waals surface area contributed by atoms with Crippen LogP contribution in [-0.2, 0) is 11.3 Å². The van der Waals surface area contributed by atoms with Gasteiger partial charge >= 0.3 is 5.97 Å². The summed E-state index contributed by atoms with van der Waals surface area (Å²) in [7, 11) is 0. The van der Waals surface area contributed by atoms with Crippen molar-refractivity contribution in [3.63, 3.8) is 0 Å². The van der Waals surface area contributed by atoms with Crippen LogP contribution in [0.2, 0.25) is 0 Å². The summed E-state index contributed by atoms with van der Waals surface area (Å²) < 4.78 is 1.63. The first-order valence-corrected chi connectivity index (χ1v) is 5.73. The van der Waals surface area contributed by atoms with Crippen molar-refractivity contribution in [2.75, 3.05) is 0 Å². The van der Waals surface area contributed by atoms with Gasteiger partial charge in [-0.25, -0.2) is 0 Å². The molecule has 0 spiro atoms. The molecule has 18 heavy (non-hydrogen) atoms. The number of aryl methyl sites for hydroxylation is 3. The van der Waals surface area contributed by atoms with Crippen molar-refractivity contribution >= 4 is 16.9 Å². The van der Waals surface area contributed by atoms with E-state index < -0.39 is 5.97 Å². The summed E-state index contributed by atoms with van der Waals surface area (Å²) in [6.07, 6.45) is 1.61. The quantitative estimate of drug-likeness (QED) is 0.880. The van der Waals surface area contributed by atoms with Gasteiger partial charge in [-0.1, -0.05) is 6.07 Å². The Morgan fingerprint density at radius 3 is 2.50 bits per heavy atom. The Morgan fingerprint density at radius 1 is 1.22 bits per heavy atom. The Balaban J connectivity index is 2.91. The molecule has 0 fully saturated rings. The van der Waals surface area contributed by atoms with Gasteiger partial charge in [-0.05, 0) is 38.0 Å². The second-order valence-corrected chi connectivity index (χ2v) is 4.64. The number of aliphatic carboxylic acids is 1. The van der Waals surface area contributed by atoms with Crippen LogP contribution < -0.4 is 5.43 Å². The van der Waals surface area contributed by atoms with E-state index in [9.17, 15) is 9.59 Å². The molecule has 2 aromatic rings. The molecule has 1 heterocycles. The maximum Gasteiger partial charge on any atom is 0.323 e. The summed E-state index contributed by atoms with van der Waals surface area (Å²) in [5.41, 5.74) is 3.17. The Bertz CT molecular complexity index is 698. The first-order valence-electron chi connectivity index (χ1n) is 5.73. The second kappa shape index (κ2) is 4.29. The lowest BCUT2D eigenvalue weighted by Crippen LogP contribution is -2.17. The minimum absolute atomic E-state index is 0.0292. The van der Waals surface area contributed by atoms with Crippen LogP contribution in [0.5, 0.6) is 0 Å². The molecule has 1 aromatic heterocycles. The average molecular weight is 245 g/mol. The molecular formula is C14H15NO3. The lowest BCUT2D eigenvalue weighted by Gasteiger charge is -2.13. The number of hydrogen-bond acceptors (Lipinski definition) is 2. The van der Waals surface area contributed by atoms with E-state index in [0.717, 1.165) is 11.1 Å². The number of pyridine rings is 1. The third-order valence-corrected chi connectivity index (χ3v) is 2.99. The molecule has 94 valence electrons. The highest BCUT2D eigenvalue weighted by Gasteiger charge is 2.11. The molecule has 0 atom stereocenters. The summed E-state index contributed by atoms with van der Waals surface area (Å²) in [6.45, 7) is 5.39. The molecule has 0 bridgehead atoms. The number of fused-ring (bicyclic) bond motifs is 1. The fourth-order valence-electron chi connectivity index (χ4n) is 2.35. The van der Waals surface area contributed by atoms with Crippen LogP contribution in [0.25, 0.3) is 10.9 Å². The zero-order chi connectivity index (χ0) is 13.4. The van der Waals surface area contributed by atoms with Crippen molar-refractivity contribution in [2.24, 2.45) is 0 Å². The number of hydrogen-bond donors (Lipinski definition) is 1. The summed E-state index contributed by atoms with van der Waals surface area (Å²) in [5, 5.41) is 9.52. The largest absolute Gasteiger partial charge is 0.480 e. The van der Waals surface area contributed by atoms with Gasteiger partial charge in [-0.2, -0.15) is 0 Å². The molecule has 4 heteroatoms. The zero-order valence-electron chi connectivity index (χ0n) is 10.7. The molecule has 0 unspecified atom stereocenters. The molecule has 2 rings (SSSR count). The molecule has 0 aliphatic rings. The molecule has 0 saturated carbocycles. The van der Waals surface area contributed by atoms with E-state index in [4.69, 9.17) is 5.11 Å². The average Bonchev–Trinajstić information content (AvgIpc) is 2.23. The van der Waals surface area contributed by atoms with Crippen LogP contribution in [0, 0.1) is 20.8 Å². The Morgan fingerprint density at radius 2 is 1.89 bits per heavy atom. The number of rotatable bonds is 2. The first kappa shape index (κ1) is 12.4. The third-order valence-electron chi connectivity index (χ3n) is 2.99. The number of carboxylic acids is 1. The van der Waals surface area contributed by atoms with E-state index in [0.29, 0.717) is 16.5 Å². The summed E-state index contributed by atoms with van der Waals surface area (Å²) in [6, 6.07) is 3.77. The number of benzene rings is 1. The molecule has 0 aliphatic carbocycles. The Labute approximate surface area is 104 Å². The van der Waals surface area contributed by atoms with Crippen molar-refractivity contribution in [2.45, 2.75) is 27.3 Å². The lowest BCUT2D eigenvalue weighted by atomic mass is 10.0. The summed E-state index contributed by atoms with van der Waals surface area (Å²) >= 11 is 0. The van der Waals surface area contributed by atoms with Crippen molar-refractivity contribution < 1.29 is 9.90 Å². The number of carbonyl (C=O) groups is 1. The molecular weight excluding hydrogens is 230 g/mol. The molecule has 0 saturated heterocycles. The van der Waals surface area contributed by atoms with Crippen molar-refractivity contribution in [1.82, 2.24) is 4.57 Å². The third kappa shape index (κ3) is 2.01. The van der Waals surface area contributed by atoms with Crippen LogP contribution in [0.3, 0.4) is 0 Å². The molecule has 0 radical (unpaired) electrons. The zero-order valence-corrected chi connectivity index (χ0v) is 10.7. The SMILES string of the molecule is Cc1cc(C)c2c(c1)c(=O)c(C)cn2CC(=O)O. The molecule has 1 aromatic carbocycles. The highest BCUT2D eigenvalue weighted by Crippen LogP contribution is 2.18. The smallest absolute Gasteiger partial charge is 0.323 e. The number of carboxylic acid groups (broad SMARTS) is 1. The van der Waals surface area contributed by atoms with Gasteiger partial charge in [0.2, 0.25) is 0 Å². The fourth-order valence-corrected chi connectivity index (χ4v) is 2.35. The Hall–Kier alpha value is -2.10. The predicted molar refractivity (Wildman–Crippen MR) is 70.1 cm³/mol. The standard InChI is InChI=1S/C14H15NO3/c1-8-4-9(2)13-11(5-8)14(18)10(3)6-15(13)7-12(16)17/h4-6H,7H2,1-3H3,(H,16,17). The monoisotopic (exact) mass is 245 g/mol. The van der Waals surface area contributed by atoms with Gasteiger partial charge in [0.05, 0.1) is 5.52 Å². The van der Waals surface area contributed by atoms with Crippen LogP contribution in [0.15, 0.2) is 23.1 Å². The minimum Gasteiger partial charge on any atom is -0.480 e. The Kier molecular flexibility index (Phi) is 2.95. The maximum absolute atomic E-state index is 12.1. The van der Waals surface area contributed by atoms with Gasteiger partial charge in [0.1, 0.15) is 6.54 Å². The van der Waals surface area contributed by atoms with E-state index in [1.54, 1.807) is 17.7 Å². The van der Waals surface area contributed by atoms with Gasteiger partial charge < -0.3 is 9.67 Å². The van der Waals surface area contributed by atoms with Crippen LogP contribution >= 0.6 is 0 Å². The lowest BCUT2D eigenvalue weighted by molar-refractivity contribution is -0.137. The molecule has 0 aliphatic heterocycles. The van der Waals surface area contributed by atoms with Gasteiger partial charge in [0.15, 0.2) is 5.43 Å². The first-order chi connectivity index (χ1) is 8.40. The second-order valence-electron chi connectivity index (χ2n) is 4.64. The van der Waals surface area contributed by atoms with Gasteiger partial charge in [-0.15, -0.1) is 0 Å². The normalized spacial score (nSPS) is 10.8. The summed E-state index contributed by atoms with van der Waals surface area (Å²) in [4.78, 5) is 23.0. The highest BCUT2D eigenvalue weighted by molar-refractivity contribution is 5.84. The molecule has 4 nitrogen and oxygen atoms in total. The fraction of sp³-hybridized carbons (Fsp3) is 0.286. The van der Waals surface area contributed by atoms with Crippen molar-refractivity contribution in [3.8, 4) is 0 Å². The summed E-state index contributed by atoms with van der Waals surface area (Å²) in [5.74, 6) is -0.917. The van der Waals surface area contributed by atoms with Crippen LogP contribution in [0.4, 0.5) is 0 Å². The molecule has 0 amide bonds. The maximum atomic E-state index is 12.1. The van der Waals surface area contributed by atoms with Crippen molar-refractivity contribution in [3.05, 3.63) is 45.2 Å². The van der Waals surface area contributed by atoms with Gasteiger partial charge in [0.25, 0.3) is 0 Å². The van der Waals surface area contributed by atoms with Crippen LogP contribution in [-0.4, -0.2) is 15.6 Å². The number of aromatic nitrogens is 1. The molecule has 1 N–H and O–H groups in total. The predicted octanol–water partition coefficient (Wildman–Crippen LogP) is 2.01. The van der Waals surface area contributed by atoms with E-state index in [1.165, 1.54) is 0 Å². The topological polar surface area (TPSA) is 59.3 Å². The van der Waals surface area contributed by atoms with E-state index in [2.05, 4.69) is 0 Å². The van der Waals surface area contributed by atoms with E-state index in [1.807, 2.05) is 26.0 Å². The highest BCUT2D eigenvalue weighted by atomic mass is 16.4. The van der Waals surface area contributed by atoms with Crippen LogP contribution in [0.1, 0.15) is 16.7 Å². The van der Waals surface area contributed by atoms with Gasteiger partial charge in [-0.3, -0.25) is 9.59 Å². The van der Waals surface area contributed by atoms with Gasteiger partial charge in [0, 0.05) is 17.1 Å². The number of nitrogens with zero attached hydrogens (tertiary/aromatic N) is 1. The van der Waals surface area contributed by atoms with Crippen molar-refractivity contribution in [1.29, 1.82) is 0 Å². The van der Waals surface area contributed by atoms with E-state index >= 15 is 0 Å². The minimum atomic E-state index is -0.917. The van der Waals surface area contributed by atoms with E-state index in [-0.39, 0.29) is 12.0 Å².